The van der Waals surface area contributed by atoms with Crippen molar-refractivity contribution in [3.8, 4) is 0 Å². The summed E-state index contributed by atoms with van der Waals surface area (Å²) in [6.07, 6.45) is 5.62. The van der Waals surface area contributed by atoms with E-state index in [1.807, 2.05) is 0 Å². The van der Waals surface area contributed by atoms with Gasteiger partial charge in [-0.3, -0.25) is 14.7 Å². The first kappa shape index (κ1) is 25.5. The molecule has 0 aromatic heterocycles. The van der Waals surface area contributed by atoms with Crippen molar-refractivity contribution in [3.63, 3.8) is 0 Å². The summed E-state index contributed by atoms with van der Waals surface area (Å²) in [7, 11) is 0. The van der Waals surface area contributed by atoms with Crippen molar-refractivity contribution < 1.29 is 28.6 Å². The van der Waals surface area contributed by atoms with Gasteiger partial charge in [0, 0.05) is 37.9 Å². The monoisotopic (exact) mass is 423 g/mol. The highest BCUT2D eigenvalue weighted by Gasteiger charge is 2.22. The first-order valence-corrected chi connectivity index (χ1v) is 10.0. The molecule has 168 valence electrons. The molecule has 0 atom stereocenters. The van der Waals surface area contributed by atoms with Gasteiger partial charge >= 0.3 is 17.9 Å². The number of rotatable bonds is 15. The van der Waals surface area contributed by atoms with Crippen molar-refractivity contribution in [1.29, 1.82) is 0 Å². The van der Waals surface area contributed by atoms with E-state index in [0.29, 0.717) is 19.8 Å². The smallest absolute Gasteiger partial charge is 0.330 e. The van der Waals surface area contributed by atoms with E-state index in [9.17, 15) is 14.4 Å². The first-order valence-electron chi connectivity index (χ1n) is 10.0. The van der Waals surface area contributed by atoms with Gasteiger partial charge in [0.05, 0.1) is 39.8 Å². The molecule has 0 spiro atoms. The molecule has 0 bridgehead atoms. The summed E-state index contributed by atoms with van der Waals surface area (Å²) in [4.78, 5) is 40.2. The van der Waals surface area contributed by atoms with Crippen LogP contribution in [0.4, 0.5) is 0 Å². The standard InChI is InChI=1S/C21H33N3O6/c1-4-19(25)28-13-7-10-22-16-23(11-8-14-29-20(26)5-2)18-24(17-22)12-9-15-30-21(27)6-3/h4-6H,1-3,7-18H2. The van der Waals surface area contributed by atoms with Gasteiger partial charge in [0.15, 0.2) is 0 Å². The van der Waals surface area contributed by atoms with Crippen molar-refractivity contribution in [1.82, 2.24) is 14.7 Å². The maximum absolute atomic E-state index is 11.1. The molecule has 0 amide bonds. The van der Waals surface area contributed by atoms with Crippen LogP contribution in [0.15, 0.2) is 38.0 Å². The highest BCUT2D eigenvalue weighted by atomic mass is 16.5. The lowest BCUT2D eigenvalue weighted by atomic mass is 10.3. The minimum Gasteiger partial charge on any atom is -0.462 e. The summed E-state index contributed by atoms with van der Waals surface area (Å²) in [5.74, 6) is -1.25. The number of esters is 3. The van der Waals surface area contributed by atoms with Crippen molar-refractivity contribution in [2.75, 3.05) is 59.5 Å². The van der Waals surface area contributed by atoms with Gasteiger partial charge in [0.1, 0.15) is 0 Å². The maximum atomic E-state index is 11.1. The zero-order valence-electron chi connectivity index (χ0n) is 17.6. The SMILES string of the molecule is C=CC(=O)OCCCN1CN(CCCOC(=O)C=C)CN(CCCOC(=O)C=C)C1. The molecular weight excluding hydrogens is 390 g/mol. The number of hydrogen-bond acceptors (Lipinski definition) is 9. The molecular formula is C21H33N3O6. The quantitative estimate of drug-likeness (QED) is 0.166. The Balaban J connectivity index is 2.44. The van der Waals surface area contributed by atoms with Gasteiger partial charge in [-0.15, -0.1) is 0 Å². The largest absolute Gasteiger partial charge is 0.462 e. The van der Waals surface area contributed by atoms with E-state index in [1.54, 1.807) is 0 Å². The number of hydrogen-bond donors (Lipinski definition) is 0. The van der Waals surface area contributed by atoms with Crippen LogP contribution >= 0.6 is 0 Å². The molecule has 30 heavy (non-hydrogen) atoms. The van der Waals surface area contributed by atoms with E-state index in [-0.39, 0.29) is 0 Å². The fourth-order valence-corrected chi connectivity index (χ4v) is 2.97. The highest BCUT2D eigenvalue weighted by molar-refractivity contribution is 5.81. The van der Waals surface area contributed by atoms with Crippen LogP contribution in [0.25, 0.3) is 0 Å². The van der Waals surface area contributed by atoms with E-state index in [0.717, 1.165) is 77.1 Å². The van der Waals surface area contributed by atoms with Gasteiger partial charge < -0.3 is 14.2 Å². The molecule has 1 fully saturated rings. The Morgan fingerprint density at radius 2 is 0.867 bits per heavy atom. The van der Waals surface area contributed by atoms with E-state index in [1.165, 1.54) is 0 Å². The summed E-state index contributed by atoms with van der Waals surface area (Å²) >= 11 is 0. The minimum absolute atomic E-state index is 0.344. The summed E-state index contributed by atoms with van der Waals surface area (Å²) in [5.41, 5.74) is 0. The van der Waals surface area contributed by atoms with E-state index < -0.39 is 17.9 Å². The molecule has 9 heteroatoms. The lowest BCUT2D eigenvalue weighted by Gasteiger charge is -2.42. The van der Waals surface area contributed by atoms with E-state index in [2.05, 4.69) is 34.4 Å². The van der Waals surface area contributed by atoms with Crippen molar-refractivity contribution in [3.05, 3.63) is 38.0 Å². The number of carbonyl (C=O) groups excluding carboxylic acids is 3. The Morgan fingerprint density at radius 3 is 1.10 bits per heavy atom. The molecule has 0 unspecified atom stereocenters. The Morgan fingerprint density at radius 1 is 0.600 bits per heavy atom. The third-order valence-corrected chi connectivity index (χ3v) is 4.29. The third-order valence-electron chi connectivity index (χ3n) is 4.29. The van der Waals surface area contributed by atoms with Crippen molar-refractivity contribution >= 4 is 17.9 Å². The van der Waals surface area contributed by atoms with E-state index in [4.69, 9.17) is 14.2 Å². The highest BCUT2D eigenvalue weighted by Crippen LogP contribution is 2.10. The molecule has 9 nitrogen and oxygen atoms in total. The molecule has 1 heterocycles. The van der Waals surface area contributed by atoms with Crippen LogP contribution < -0.4 is 0 Å². The minimum atomic E-state index is -0.417. The van der Waals surface area contributed by atoms with Crippen LogP contribution in [0.2, 0.25) is 0 Å². The normalized spacial score (nSPS) is 15.2. The second-order valence-electron chi connectivity index (χ2n) is 6.78. The summed E-state index contributed by atoms with van der Waals surface area (Å²) in [6, 6.07) is 0. The van der Waals surface area contributed by atoms with Crippen molar-refractivity contribution in [2.24, 2.45) is 0 Å². The topological polar surface area (TPSA) is 88.6 Å². The van der Waals surface area contributed by atoms with Crippen molar-refractivity contribution in [2.45, 2.75) is 19.3 Å². The Hall–Kier alpha value is -2.49. The molecule has 0 N–H and O–H groups in total. The van der Waals surface area contributed by atoms with Gasteiger partial charge in [-0.05, 0) is 19.3 Å². The summed E-state index contributed by atoms with van der Waals surface area (Å²) in [6.45, 7) is 15.8. The zero-order valence-corrected chi connectivity index (χ0v) is 17.6. The third kappa shape index (κ3) is 11.5. The molecule has 0 aromatic rings. The fraction of sp³-hybridized carbons (Fsp3) is 0.571. The second-order valence-corrected chi connectivity index (χ2v) is 6.78. The molecule has 0 radical (unpaired) electrons. The van der Waals surface area contributed by atoms with Gasteiger partial charge in [0.25, 0.3) is 0 Å². The average Bonchev–Trinajstić information content (AvgIpc) is 2.76. The zero-order chi connectivity index (χ0) is 22.2. The Bertz CT molecular complexity index is 508. The number of nitrogens with zero attached hydrogens (tertiary/aromatic N) is 3. The maximum Gasteiger partial charge on any atom is 0.330 e. The second kappa shape index (κ2) is 15.4. The fourth-order valence-electron chi connectivity index (χ4n) is 2.97. The van der Waals surface area contributed by atoms with Crippen LogP contribution in [0, 0.1) is 0 Å². The van der Waals surface area contributed by atoms with Crippen LogP contribution in [0.3, 0.4) is 0 Å². The first-order chi connectivity index (χ1) is 14.5. The molecule has 0 aliphatic carbocycles. The molecule has 0 aromatic carbocycles. The molecule has 1 aliphatic heterocycles. The molecule has 0 saturated carbocycles. The summed E-state index contributed by atoms with van der Waals surface area (Å²) in [5, 5.41) is 0. The lowest BCUT2D eigenvalue weighted by Crippen LogP contribution is -2.55. The lowest BCUT2D eigenvalue weighted by molar-refractivity contribution is -0.138. The average molecular weight is 424 g/mol. The van der Waals surface area contributed by atoms with Crippen LogP contribution in [0.1, 0.15) is 19.3 Å². The van der Waals surface area contributed by atoms with E-state index >= 15 is 0 Å². The van der Waals surface area contributed by atoms with Crippen LogP contribution in [-0.4, -0.2) is 92.1 Å². The summed E-state index contributed by atoms with van der Waals surface area (Å²) < 4.78 is 15.1. The number of carbonyl (C=O) groups is 3. The number of ether oxygens (including phenoxy) is 3. The van der Waals surface area contributed by atoms with Crippen LogP contribution in [-0.2, 0) is 28.6 Å². The molecule has 1 aliphatic rings. The van der Waals surface area contributed by atoms with Crippen LogP contribution in [0.5, 0.6) is 0 Å². The Labute approximate surface area is 178 Å². The van der Waals surface area contributed by atoms with Gasteiger partial charge in [0.2, 0.25) is 0 Å². The predicted octanol–water partition coefficient (Wildman–Crippen LogP) is 1.14. The predicted molar refractivity (Wildman–Crippen MR) is 112 cm³/mol. The van der Waals surface area contributed by atoms with Gasteiger partial charge in [-0.25, -0.2) is 14.4 Å². The molecule has 1 rings (SSSR count). The Kier molecular flexibility index (Phi) is 13.1. The molecule has 1 saturated heterocycles. The van der Waals surface area contributed by atoms with Gasteiger partial charge in [-0.2, -0.15) is 0 Å². The van der Waals surface area contributed by atoms with Gasteiger partial charge in [-0.1, -0.05) is 19.7 Å².